The minimum atomic E-state index is -0.473. The Balaban J connectivity index is 2.11. The van der Waals surface area contributed by atoms with Crippen LogP contribution in [0.2, 0.25) is 5.02 Å². The van der Waals surface area contributed by atoms with E-state index in [1.807, 2.05) is 26.0 Å². The third-order valence-corrected chi connectivity index (χ3v) is 5.08. The van der Waals surface area contributed by atoms with Crippen LogP contribution < -0.4 is 5.56 Å². The topological polar surface area (TPSA) is 93.3 Å². The first-order valence-corrected chi connectivity index (χ1v) is 9.60. The van der Waals surface area contributed by atoms with Gasteiger partial charge in [0.05, 0.1) is 27.6 Å². The number of halogens is 1. The normalized spacial score (nSPS) is 11.7. The van der Waals surface area contributed by atoms with Crippen LogP contribution >= 0.6 is 11.6 Å². The SMILES string of the molecule is CCCc1[nH]n(-c2ccc([N+](=O)[O-])cc2)c(=O)c1C(C)=Nc1cccc(Cl)c1C. The molecule has 0 saturated heterocycles. The number of aryl methyl sites for hydroxylation is 1. The van der Waals surface area contributed by atoms with Gasteiger partial charge >= 0.3 is 0 Å². The number of nitrogens with zero attached hydrogens (tertiary/aromatic N) is 3. The molecule has 1 aromatic heterocycles. The second-order valence-electron chi connectivity index (χ2n) is 6.71. The molecule has 8 heteroatoms. The van der Waals surface area contributed by atoms with Gasteiger partial charge in [-0.3, -0.25) is 25.0 Å². The van der Waals surface area contributed by atoms with Gasteiger partial charge in [0.15, 0.2) is 0 Å². The zero-order valence-corrected chi connectivity index (χ0v) is 17.2. The molecule has 0 atom stereocenters. The van der Waals surface area contributed by atoms with Gasteiger partial charge in [0.2, 0.25) is 0 Å². The van der Waals surface area contributed by atoms with Crippen LogP contribution in [-0.2, 0) is 6.42 Å². The number of aromatic amines is 1. The molecule has 0 radical (unpaired) electrons. The Kier molecular flexibility index (Phi) is 5.98. The van der Waals surface area contributed by atoms with Gasteiger partial charge in [-0.05, 0) is 50.1 Å². The summed E-state index contributed by atoms with van der Waals surface area (Å²) >= 11 is 6.19. The summed E-state index contributed by atoms with van der Waals surface area (Å²) < 4.78 is 1.40. The van der Waals surface area contributed by atoms with Crippen molar-refractivity contribution in [3.05, 3.63) is 84.8 Å². The highest BCUT2D eigenvalue weighted by Crippen LogP contribution is 2.26. The first-order chi connectivity index (χ1) is 13.8. The van der Waals surface area contributed by atoms with E-state index in [1.54, 1.807) is 25.1 Å². The second-order valence-corrected chi connectivity index (χ2v) is 7.12. The minimum absolute atomic E-state index is 0.0310. The van der Waals surface area contributed by atoms with Crippen LogP contribution in [0.25, 0.3) is 5.69 Å². The van der Waals surface area contributed by atoms with Crippen LogP contribution in [0.4, 0.5) is 11.4 Å². The average molecular weight is 413 g/mol. The third kappa shape index (κ3) is 4.14. The summed E-state index contributed by atoms with van der Waals surface area (Å²) in [7, 11) is 0. The fourth-order valence-electron chi connectivity index (χ4n) is 3.15. The highest BCUT2D eigenvalue weighted by molar-refractivity contribution is 6.31. The van der Waals surface area contributed by atoms with Crippen molar-refractivity contribution in [3.8, 4) is 5.69 Å². The summed E-state index contributed by atoms with van der Waals surface area (Å²) in [5, 5.41) is 14.6. The molecule has 0 aliphatic heterocycles. The second kappa shape index (κ2) is 8.45. The van der Waals surface area contributed by atoms with E-state index in [0.29, 0.717) is 34.1 Å². The Morgan fingerprint density at radius 3 is 2.55 bits per heavy atom. The van der Waals surface area contributed by atoms with Gasteiger partial charge in [-0.25, -0.2) is 4.68 Å². The van der Waals surface area contributed by atoms with Crippen molar-refractivity contribution in [1.29, 1.82) is 0 Å². The van der Waals surface area contributed by atoms with Gasteiger partial charge in [0, 0.05) is 22.8 Å². The summed E-state index contributed by atoms with van der Waals surface area (Å²) in [6, 6.07) is 11.3. The number of non-ortho nitro benzene ring substituents is 1. The number of H-pyrrole nitrogens is 1. The number of nitro groups is 1. The molecule has 0 unspecified atom stereocenters. The molecule has 3 aromatic rings. The summed E-state index contributed by atoms with van der Waals surface area (Å²) in [5.74, 6) is 0. The third-order valence-electron chi connectivity index (χ3n) is 4.67. The van der Waals surface area contributed by atoms with Gasteiger partial charge < -0.3 is 0 Å². The molecule has 0 amide bonds. The predicted molar refractivity (Wildman–Crippen MR) is 115 cm³/mol. The molecule has 150 valence electrons. The number of hydrogen-bond donors (Lipinski definition) is 1. The molecule has 1 N–H and O–H groups in total. The van der Waals surface area contributed by atoms with E-state index in [-0.39, 0.29) is 11.2 Å². The van der Waals surface area contributed by atoms with Crippen LogP contribution in [0.5, 0.6) is 0 Å². The van der Waals surface area contributed by atoms with Gasteiger partial charge in [-0.2, -0.15) is 0 Å². The zero-order chi connectivity index (χ0) is 21.1. The highest BCUT2D eigenvalue weighted by Gasteiger charge is 2.18. The monoisotopic (exact) mass is 412 g/mol. The molecule has 0 fully saturated rings. The molecule has 3 rings (SSSR count). The fourth-order valence-corrected chi connectivity index (χ4v) is 3.32. The number of hydrogen-bond acceptors (Lipinski definition) is 4. The van der Waals surface area contributed by atoms with Crippen LogP contribution in [-0.4, -0.2) is 20.4 Å². The summed E-state index contributed by atoms with van der Waals surface area (Å²) in [6.45, 7) is 5.71. The maximum absolute atomic E-state index is 13.2. The van der Waals surface area contributed by atoms with Crippen LogP contribution in [0.15, 0.2) is 52.3 Å². The van der Waals surface area contributed by atoms with E-state index < -0.39 is 4.92 Å². The Morgan fingerprint density at radius 1 is 1.24 bits per heavy atom. The van der Waals surface area contributed by atoms with Gasteiger partial charge in [-0.15, -0.1) is 0 Å². The number of benzene rings is 2. The predicted octanol–water partition coefficient (Wildman–Crippen LogP) is 5.13. The van der Waals surface area contributed by atoms with E-state index >= 15 is 0 Å². The lowest BCUT2D eigenvalue weighted by molar-refractivity contribution is -0.384. The number of aliphatic imine (C=N–C) groups is 1. The molecule has 0 aliphatic rings. The van der Waals surface area contributed by atoms with Crippen LogP contribution in [0.1, 0.15) is 37.1 Å². The summed E-state index contributed by atoms with van der Waals surface area (Å²) in [4.78, 5) is 28.2. The molecule has 0 saturated carbocycles. The maximum atomic E-state index is 13.2. The van der Waals surface area contributed by atoms with Gasteiger partial charge in [0.1, 0.15) is 0 Å². The first-order valence-electron chi connectivity index (χ1n) is 9.23. The number of aromatic nitrogens is 2. The molecule has 2 aromatic carbocycles. The Bertz CT molecular complexity index is 1140. The van der Waals surface area contributed by atoms with Crippen molar-refractivity contribution in [2.24, 2.45) is 4.99 Å². The highest BCUT2D eigenvalue weighted by atomic mass is 35.5. The van der Waals surface area contributed by atoms with E-state index in [2.05, 4.69) is 10.1 Å². The molecule has 1 heterocycles. The smallest absolute Gasteiger partial charge is 0.280 e. The molecular formula is C21H21ClN4O3. The first kappa shape index (κ1) is 20.5. The number of rotatable bonds is 6. The molecule has 0 aliphatic carbocycles. The van der Waals surface area contributed by atoms with E-state index in [1.165, 1.54) is 16.8 Å². The Hall–Kier alpha value is -3.19. The lowest BCUT2D eigenvalue weighted by Crippen LogP contribution is -2.19. The van der Waals surface area contributed by atoms with E-state index in [0.717, 1.165) is 17.7 Å². The van der Waals surface area contributed by atoms with Crippen molar-refractivity contribution < 1.29 is 4.92 Å². The molecule has 0 spiro atoms. The lowest BCUT2D eigenvalue weighted by atomic mass is 10.1. The Labute approximate surface area is 172 Å². The van der Waals surface area contributed by atoms with Crippen molar-refractivity contribution in [1.82, 2.24) is 9.78 Å². The average Bonchev–Trinajstić information content (AvgIpc) is 3.02. The maximum Gasteiger partial charge on any atom is 0.280 e. The van der Waals surface area contributed by atoms with Crippen LogP contribution in [0.3, 0.4) is 0 Å². The van der Waals surface area contributed by atoms with Crippen LogP contribution in [0, 0.1) is 17.0 Å². The van der Waals surface area contributed by atoms with Crippen molar-refractivity contribution >= 4 is 28.7 Å². The number of nitrogens with one attached hydrogen (secondary N) is 1. The molecule has 0 bridgehead atoms. The van der Waals surface area contributed by atoms with E-state index in [9.17, 15) is 14.9 Å². The lowest BCUT2D eigenvalue weighted by Gasteiger charge is -2.05. The van der Waals surface area contributed by atoms with Crippen molar-refractivity contribution in [2.75, 3.05) is 0 Å². The van der Waals surface area contributed by atoms with E-state index in [4.69, 9.17) is 11.6 Å². The molecule has 29 heavy (non-hydrogen) atoms. The van der Waals surface area contributed by atoms with Crippen molar-refractivity contribution in [3.63, 3.8) is 0 Å². The fraction of sp³-hybridized carbons (Fsp3) is 0.238. The van der Waals surface area contributed by atoms with Gasteiger partial charge in [-0.1, -0.05) is 31.0 Å². The molecule has 7 nitrogen and oxygen atoms in total. The zero-order valence-electron chi connectivity index (χ0n) is 16.4. The summed E-state index contributed by atoms with van der Waals surface area (Å²) in [6.07, 6.45) is 1.52. The Morgan fingerprint density at radius 2 is 1.93 bits per heavy atom. The minimum Gasteiger partial charge on any atom is -0.294 e. The summed E-state index contributed by atoms with van der Waals surface area (Å²) in [5.41, 5.74) is 3.66. The largest absolute Gasteiger partial charge is 0.294 e. The molecular weight excluding hydrogens is 392 g/mol. The quantitative estimate of drug-likeness (QED) is 0.345. The van der Waals surface area contributed by atoms with Gasteiger partial charge in [0.25, 0.3) is 11.2 Å². The van der Waals surface area contributed by atoms with Crippen molar-refractivity contribution in [2.45, 2.75) is 33.6 Å². The number of nitro benzene ring substituents is 1. The standard InChI is InChI=1S/C21H21ClN4O3/c1-4-6-19-20(14(3)23-18-8-5-7-17(22)13(18)2)21(27)25(24-19)15-9-11-16(12-10-15)26(28)29/h5,7-12,24H,4,6H2,1-3H3.